The lowest BCUT2D eigenvalue weighted by Gasteiger charge is -2.17. The van der Waals surface area contributed by atoms with Gasteiger partial charge in [-0.25, -0.2) is 0 Å². The Morgan fingerprint density at radius 1 is 1.03 bits per heavy atom. The lowest BCUT2D eigenvalue weighted by Crippen LogP contribution is -2.24. The molecule has 2 aromatic carbocycles. The number of nitrogens with zero attached hydrogens (tertiary/aromatic N) is 4. The standard InChI is InChI=1S/C22H19ClN4O3/c23-17-7-1-2-8-18(17)27-13-15(12-20(27)29)22-24-21(25-30-22)14-5-3-6-16(11-14)26-10-4-9-19(26)28/h1-3,5-8,11,15H,4,9-10,12-13H2. The summed E-state index contributed by atoms with van der Waals surface area (Å²) in [7, 11) is 0. The molecule has 7 nitrogen and oxygen atoms in total. The summed E-state index contributed by atoms with van der Waals surface area (Å²) in [5, 5.41) is 4.65. The van der Waals surface area contributed by atoms with Gasteiger partial charge in [0, 0.05) is 37.2 Å². The quantitative estimate of drug-likeness (QED) is 0.634. The molecule has 1 aromatic heterocycles. The van der Waals surface area contributed by atoms with Crippen LogP contribution in [0.25, 0.3) is 11.4 Å². The maximum Gasteiger partial charge on any atom is 0.232 e. The van der Waals surface area contributed by atoms with Crippen molar-refractivity contribution in [3.63, 3.8) is 0 Å². The third kappa shape index (κ3) is 3.35. The van der Waals surface area contributed by atoms with Gasteiger partial charge in [-0.1, -0.05) is 41.0 Å². The van der Waals surface area contributed by atoms with E-state index in [-0.39, 0.29) is 24.2 Å². The molecule has 3 heterocycles. The number of halogens is 1. The van der Waals surface area contributed by atoms with Crippen LogP contribution in [-0.2, 0) is 9.59 Å². The van der Waals surface area contributed by atoms with Crippen molar-refractivity contribution >= 4 is 34.8 Å². The van der Waals surface area contributed by atoms with Crippen molar-refractivity contribution in [2.24, 2.45) is 0 Å². The van der Waals surface area contributed by atoms with E-state index >= 15 is 0 Å². The number of carbonyl (C=O) groups excluding carboxylic acids is 2. The summed E-state index contributed by atoms with van der Waals surface area (Å²) in [6.07, 6.45) is 1.73. The number of aromatic nitrogens is 2. The van der Waals surface area contributed by atoms with Crippen LogP contribution in [0.15, 0.2) is 53.1 Å². The molecule has 1 atom stereocenters. The first-order valence-corrected chi connectivity index (χ1v) is 10.3. The first-order valence-electron chi connectivity index (χ1n) is 9.89. The van der Waals surface area contributed by atoms with Gasteiger partial charge in [0.15, 0.2) is 0 Å². The number of hydrogen-bond donors (Lipinski definition) is 0. The van der Waals surface area contributed by atoms with Crippen LogP contribution < -0.4 is 9.80 Å². The van der Waals surface area contributed by atoms with Crippen molar-refractivity contribution in [3.05, 3.63) is 59.4 Å². The fraction of sp³-hybridized carbons (Fsp3) is 0.273. The van der Waals surface area contributed by atoms with Crippen LogP contribution in [0.2, 0.25) is 5.02 Å². The van der Waals surface area contributed by atoms with E-state index in [1.807, 2.05) is 42.5 Å². The molecule has 2 amide bonds. The van der Waals surface area contributed by atoms with E-state index < -0.39 is 0 Å². The fourth-order valence-corrected chi connectivity index (χ4v) is 4.27. The van der Waals surface area contributed by atoms with E-state index in [0.29, 0.717) is 35.4 Å². The Kier molecular flexibility index (Phi) is 4.75. The summed E-state index contributed by atoms with van der Waals surface area (Å²) in [6, 6.07) is 14.8. The first-order chi connectivity index (χ1) is 14.6. The minimum atomic E-state index is -0.196. The molecule has 0 spiro atoms. The third-order valence-electron chi connectivity index (χ3n) is 5.55. The SMILES string of the molecule is O=C1CCCN1c1cccc(-c2noc(C3CC(=O)N(c4ccccc4Cl)C3)n2)c1. The number of benzene rings is 2. The monoisotopic (exact) mass is 422 g/mol. The minimum Gasteiger partial charge on any atom is -0.339 e. The van der Waals surface area contributed by atoms with Crippen molar-refractivity contribution in [1.82, 2.24) is 10.1 Å². The van der Waals surface area contributed by atoms with Gasteiger partial charge in [0.25, 0.3) is 0 Å². The van der Waals surface area contributed by atoms with Gasteiger partial charge in [-0.15, -0.1) is 0 Å². The van der Waals surface area contributed by atoms with Gasteiger partial charge in [0.05, 0.1) is 16.6 Å². The molecule has 2 fully saturated rings. The highest BCUT2D eigenvalue weighted by Crippen LogP contribution is 2.35. The molecule has 1 unspecified atom stereocenters. The van der Waals surface area contributed by atoms with E-state index in [9.17, 15) is 9.59 Å². The van der Waals surface area contributed by atoms with Gasteiger partial charge in [0.1, 0.15) is 0 Å². The Bertz CT molecular complexity index is 1130. The molecule has 0 aliphatic carbocycles. The van der Waals surface area contributed by atoms with Crippen molar-refractivity contribution < 1.29 is 14.1 Å². The Hall–Kier alpha value is -3.19. The van der Waals surface area contributed by atoms with Crippen molar-refractivity contribution in [2.75, 3.05) is 22.9 Å². The maximum atomic E-state index is 12.5. The predicted octanol–water partition coefficient (Wildman–Crippen LogP) is 4.04. The summed E-state index contributed by atoms with van der Waals surface area (Å²) >= 11 is 6.25. The highest BCUT2D eigenvalue weighted by Gasteiger charge is 2.36. The molecule has 0 saturated carbocycles. The molecule has 30 heavy (non-hydrogen) atoms. The minimum absolute atomic E-state index is 0.0256. The predicted molar refractivity (Wildman–Crippen MR) is 112 cm³/mol. The van der Waals surface area contributed by atoms with Gasteiger partial charge >= 0.3 is 0 Å². The second kappa shape index (κ2) is 7.57. The van der Waals surface area contributed by atoms with Crippen LogP contribution in [0.3, 0.4) is 0 Å². The maximum absolute atomic E-state index is 12.5. The summed E-state index contributed by atoms with van der Waals surface area (Å²) in [5.74, 6) is 0.781. The van der Waals surface area contributed by atoms with Crippen LogP contribution in [0.1, 0.15) is 31.1 Å². The van der Waals surface area contributed by atoms with E-state index in [4.69, 9.17) is 16.1 Å². The average molecular weight is 423 g/mol. The first kappa shape index (κ1) is 18.8. The van der Waals surface area contributed by atoms with E-state index in [1.165, 1.54) is 0 Å². The third-order valence-corrected chi connectivity index (χ3v) is 5.87. The summed E-state index contributed by atoms with van der Waals surface area (Å²) in [4.78, 5) is 32.6. The zero-order valence-corrected chi connectivity index (χ0v) is 16.9. The molecule has 2 aliphatic heterocycles. The smallest absolute Gasteiger partial charge is 0.232 e. The van der Waals surface area contributed by atoms with E-state index in [0.717, 1.165) is 24.2 Å². The van der Waals surface area contributed by atoms with Gasteiger partial charge in [-0.2, -0.15) is 4.98 Å². The Labute approximate surface area is 178 Å². The van der Waals surface area contributed by atoms with E-state index in [1.54, 1.807) is 15.9 Å². The molecule has 5 rings (SSSR count). The molecule has 152 valence electrons. The molecule has 2 saturated heterocycles. The highest BCUT2D eigenvalue weighted by molar-refractivity contribution is 6.33. The Morgan fingerprint density at radius 3 is 2.70 bits per heavy atom. The molecule has 0 bridgehead atoms. The topological polar surface area (TPSA) is 79.5 Å². The lowest BCUT2D eigenvalue weighted by molar-refractivity contribution is -0.117. The number of para-hydroxylation sites is 1. The molecule has 0 N–H and O–H groups in total. The van der Waals surface area contributed by atoms with Gasteiger partial charge in [0.2, 0.25) is 23.5 Å². The molecule has 2 aliphatic rings. The average Bonchev–Trinajstić information content (AvgIpc) is 3.48. The molecule has 0 radical (unpaired) electrons. The molecule has 3 aromatic rings. The highest BCUT2D eigenvalue weighted by atomic mass is 35.5. The van der Waals surface area contributed by atoms with Gasteiger partial charge in [-0.05, 0) is 30.7 Å². The van der Waals surface area contributed by atoms with Crippen LogP contribution in [0, 0.1) is 0 Å². The summed E-state index contributed by atoms with van der Waals surface area (Å²) in [6.45, 7) is 1.16. The second-order valence-electron chi connectivity index (χ2n) is 7.51. The molecular formula is C22H19ClN4O3. The van der Waals surface area contributed by atoms with Crippen LogP contribution >= 0.6 is 11.6 Å². The number of amides is 2. The number of carbonyl (C=O) groups is 2. The number of anilines is 2. The summed E-state index contributed by atoms with van der Waals surface area (Å²) < 4.78 is 5.50. The van der Waals surface area contributed by atoms with Gasteiger partial charge in [-0.3, -0.25) is 9.59 Å². The largest absolute Gasteiger partial charge is 0.339 e. The molecule has 8 heteroatoms. The van der Waals surface area contributed by atoms with Gasteiger partial charge < -0.3 is 14.3 Å². The zero-order valence-electron chi connectivity index (χ0n) is 16.1. The van der Waals surface area contributed by atoms with Crippen molar-refractivity contribution in [2.45, 2.75) is 25.2 Å². The summed E-state index contributed by atoms with van der Waals surface area (Å²) in [5.41, 5.74) is 2.30. The Balaban J connectivity index is 1.37. The van der Waals surface area contributed by atoms with Crippen LogP contribution in [0.4, 0.5) is 11.4 Å². The van der Waals surface area contributed by atoms with E-state index in [2.05, 4.69) is 10.1 Å². The Morgan fingerprint density at radius 2 is 1.90 bits per heavy atom. The lowest BCUT2D eigenvalue weighted by atomic mass is 10.1. The normalized spacial score (nSPS) is 19.2. The fourth-order valence-electron chi connectivity index (χ4n) is 4.03. The second-order valence-corrected chi connectivity index (χ2v) is 7.92. The number of rotatable bonds is 4. The van der Waals surface area contributed by atoms with Crippen LogP contribution in [-0.4, -0.2) is 35.0 Å². The zero-order chi connectivity index (χ0) is 20.7. The van der Waals surface area contributed by atoms with Crippen molar-refractivity contribution in [3.8, 4) is 11.4 Å². The van der Waals surface area contributed by atoms with Crippen molar-refractivity contribution in [1.29, 1.82) is 0 Å². The molecular weight excluding hydrogens is 404 g/mol. The number of hydrogen-bond acceptors (Lipinski definition) is 5. The van der Waals surface area contributed by atoms with Crippen LogP contribution in [0.5, 0.6) is 0 Å².